The minimum absolute atomic E-state index is 0.159. The molecule has 0 aromatic heterocycles. The summed E-state index contributed by atoms with van der Waals surface area (Å²) in [7, 11) is 0. The summed E-state index contributed by atoms with van der Waals surface area (Å²) in [5.74, 6) is 0.765. The molecule has 0 saturated carbocycles. The summed E-state index contributed by atoms with van der Waals surface area (Å²) in [4.78, 5) is 2.53. The van der Waals surface area contributed by atoms with Gasteiger partial charge in [-0.1, -0.05) is 58.0 Å². The van der Waals surface area contributed by atoms with Crippen molar-refractivity contribution in [3.05, 3.63) is 35.9 Å². The monoisotopic (exact) mass is 275 g/mol. The second-order valence-corrected chi connectivity index (χ2v) is 7.67. The lowest BCUT2D eigenvalue weighted by molar-refractivity contribution is 0.148. The number of aliphatic hydroxyl groups is 1. The van der Waals surface area contributed by atoms with Crippen molar-refractivity contribution in [2.24, 2.45) is 11.3 Å². The van der Waals surface area contributed by atoms with E-state index in [4.69, 9.17) is 0 Å². The Kier molecular flexibility index (Phi) is 4.55. The molecule has 1 heterocycles. The first kappa shape index (κ1) is 15.5. The van der Waals surface area contributed by atoms with Crippen LogP contribution < -0.4 is 0 Å². The highest BCUT2D eigenvalue weighted by Crippen LogP contribution is 2.35. The third-order valence-corrected chi connectivity index (χ3v) is 4.89. The molecule has 1 fully saturated rings. The summed E-state index contributed by atoms with van der Waals surface area (Å²) < 4.78 is 0. The standard InChI is InChI=1S/C18H29NO/c1-17(2,3)16-10-11-19(12-16)13-18(4,14-20)15-8-6-5-7-9-15/h5-9,16,20H,10-14H2,1-4H3. The molecular weight excluding hydrogens is 246 g/mol. The number of aliphatic hydroxyl groups excluding tert-OH is 1. The van der Waals surface area contributed by atoms with Gasteiger partial charge in [-0.25, -0.2) is 0 Å². The molecule has 0 amide bonds. The predicted octanol–water partition coefficient (Wildman–Crippen LogP) is 3.30. The van der Waals surface area contributed by atoms with Crippen molar-refractivity contribution in [3.63, 3.8) is 0 Å². The second-order valence-electron chi connectivity index (χ2n) is 7.67. The van der Waals surface area contributed by atoms with Gasteiger partial charge in [0.05, 0.1) is 6.61 Å². The predicted molar refractivity (Wildman–Crippen MR) is 84.9 cm³/mol. The zero-order valence-electron chi connectivity index (χ0n) is 13.4. The molecule has 2 rings (SSSR count). The van der Waals surface area contributed by atoms with Gasteiger partial charge in [-0.2, -0.15) is 0 Å². The molecule has 1 saturated heterocycles. The van der Waals surface area contributed by atoms with Crippen LogP contribution in [-0.2, 0) is 5.41 Å². The number of likely N-dealkylation sites (tertiary alicyclic amines) is 1. The van der Waals surface area contributed by atoms with Crippen molar-refractivity contribution in [3.8, 4) is 0 Å². The van der Waals surface area contributed by atoms with Crippen LogP contribution in [0.4, 0.5) is 0 Å². The Morgan fingerprint density at radius 2 is 1.80 bits per heavy atom. The summed E-state index contributed by atoms with van der Waals surface area (Å²) in [5.41, 5.74) is 1.47. The Morgan fingerprint density at radius 1 is 1.15 bits per heavy atom. The zero-order valence-corrected chi connectivity index (χ0v) is 13.4. The fourth-order valence-corrected chi connectivity index (χ4v) is 3.25. The first-order valence-corrected chi connectivity index (χ1v) is 7.74. The largest absolute Gasteiger partial charge is 0.395 e. The van der Waals surface area contributed by atoms with Gasteiger partial charge in [0.25, 0.3) is 0 Å². The summed E-state index contributed by atoms with van der Waals surface area (Å²) in [5, 5.41) is 9.90. The van der Waals surface area contributed by atoms with E-state index in [9.17, 15) is 5.11 Å². The van der Waals surface area contributed by atoms with Crippen molar-refractivity contribution in [1.29, 1.82) is 0 Å². The van der Waals surface area contributed by atoms with E-state index >= 15 is 0 Å². The van der Waals surface area contributed by atoms with Crippen molar-refractivity contribution >= 4 is 0 Å². The Hall–Kier alpha value is -0.860. The number of nitrogens with zero attached hydrogens (tertiary/aromatic N) is 1. The lowest BCUT2D eigenvalue weighted by Crippen LogP contribution is -2.41. The Labute approximate surface area is 123 Å². The normalized spacial score (nSPS) is 23.8. The molecule has 1 N–H and O–H groups in total. The van der Waals surface area contributed by atoms with Gasteiger partial charge in [-0.05, 0) is 29.9 Å². The van der Waals surface area contributed by atoms with Gasteiger partial charge >= 0.3 is 0 Å². The molecule has 2 unspecified atom stereocenters. The average molecular weight is 275 g/mol. The van der Waals surface area contributed by atoms with E-state index in [2.05, 4.69) is 56.9 Å². The zero-order chi connectivity index (χ0) is 14.8. The summed E-state index contributed by atoms with van der Waals surface area (Å²) in [6, 6.07) is 10.4. The lowest BCUT2D eigenvalue weighted by Gasteiger charge is -2.34. The van der Waals surface area contributed by atoms with Crippen molar-refractivity contribution in [2.45, 2.75) is 39.5 Å². The number of rotatable bonds is 4. The van der Waals surface area contributed by atoms with Crippen LogP contribution in [0.15, 0.2) is 30.3 Å². The van der Waals surface area contributed by atoms with E-state index < -0.39 is 0 Å². The molecular formula is C18H29NO. The Balaban J connectivity index is 2.05. The first-order chi connectivity index (χ1) is 9.35. The minimum Gasteiger partial charge on any atom is -0.395 e. The number of hydrogen-bond acceptors (Lipinski definition) is 2. The van der Waals surface area contributed by atoms with Crippen LogP contribution in [-0.4, -0.2) is 36.2 Å². The van der Waals surface area contributed by atoms with Crippen LogP contribution in [0, 0.1) is 11.3 Å². The van der Waals surface area contributed by atoms with E-state index in [1.54, 1.807) is 0 Å². The van der Waals surface area contributed by atoms with Gasteiger partial charge in [0.2, 0.25) is 0 Å². The molecule has 20 heavy (non-hydrogen) atoms. The molecule has 0 aliphatic carbocycles. The van der Waals surface area contributed by atoms with Crippen molar-refractivity contribution in [2.75, 3.05) is 26.2 Å². The minimum atomic E-state index is -0.159. The average Bonchev–Trinajstić information content (AvgIpc) is 2.88. The van der Waals surface area contributed by atoms with E-state index in [1.807, 2.05) is 6.07 Å². The topological polar surface area (TPSA) is 23.5 Å². The number of benzene rings is 1. The molecule has 0 spiro atoms. The van der Waals surface area contributed by atoms with Gasteiger partial charge in [0, 0.05) is 18.5 Å². The summed E-state index contributed by atoms with van der Waals surface area (Å²) in [6.07, 6.45) is 1.28. The maximum atomic E-state index is 9.90. The molecule has 2 atom stereocenters. The second kappa shape index (κ2) is 5.87. The highest BCUT2D eigenvalue weighted by atomic mass is 16.3. The number of hydrogen-bond donors (Lipinski definition) is 1. The quantitative estimate of drug-likeness (QED) is 0.911. The summed E-state index contributed by atoms with van der Waals surface area (Å²) >= 11 is 0. The van der Waals surface area contributed by atoms with Gasteiger partial charge in [0.15, 0.2) is 0 Å². The van der Waals surface area contributed by atoms with E-state index in [1.165, 1.54) is 12.0 Å². The maximum absolute atomic E-state index is 9.90. The molecule has 112 valence electrons. The van der Waals surface area contributed by atoms with E-state index in [0.29, 0.717) is 5.41 Å². The SMILES string of the molecule is CC(CO)(CN1CCC(C(C)(C)C)C1)c1ccccc1. The highest BCUT2D eigenvalue weighted by molar-refractivity contribution is 5.25. The molecule has 0 radical (unpaired) electrons. The highest BCUT2D eigenvalue weighted by Gasteiger charge is 2.35. The fourth-order valence-electron chi connectivity index (χ4n) is 3.25. The van der Waals surface area contributed by atoms with Crippen LogP contribution in [0.3, 0.4) is 0 Å². The lowest BCUT2D eigenvalue weighted by atomic mass is 9.80. The van der Waals surface area contributed by atoms with E-state index in [-0.39, 0.29) is 12.0 Å². The Morgan fingerprint density at radius 3 is 2.30 bits per heavy atom. The maximum Gasteiger partial charge on any atom is 0.0537 e. The third kappa shape index (κ3) is 3.42. The Bertz CT molecular complexity index is 423. The molecule has 1 aromatic carbocycles. The molecule has 0 bridgehead atoms. The van der Waals surface area contributed by atoms with Crippen LogP contribution in [0.2, 0.25) is 0 Å². The van der Waals surface area contributed by atoms with E-state index in [0.717, 1.165) is 25.6 Å². The van der Waals surface area contributed by atoms with Crippen LogP contribution in [0.5, 0.6) is 0 Å². The van der Waals surface area contributed by atoms with Gasteiger partial charge < -0.3 is 10.0 Å². The molecule has 1 aromatic rings. The van der Waals surface area contributed by atoms with Gasteiger partial charge in [-0.3, -0.25) is 0 Å². The van der Waals surface area contributed by atoms with Crippen molar-refractivity contribution < 1.29 is 5.11 Å². The van der Waals surface area contributed by atoms with Crippen LogP contribution in [0.25, 0.3) is 0 Å². The smallest absolute Gasteiger partial charge is 0.0537 e. The van der Waals surface area contributed by atoms with Crippen LogP contribution in [0.1, 0.15) is 39.7 Å². The molecule has 2 nitrogen and oxygen atoms in total. The molecule has 2 heteroatoms. The molecule has 1 aliphatic rings. The molecule has 1 aliphatic heterocycles. The van der Waals surface area contributed by atoms with Gasteiger partial charge in [-0.15, -0.1) is 0 Å². The fraction of sp³-hybridized carbons (Fsp3) is 0.667. The first-order valence-electron chi connectivity index (χ1n) is 7.74. The third-order valence-electron chi connectivity index (χ3n) is 4.89. The summed E-state index contributed by atoms with van der Waals surface area (Å²) in [6.45, 7) is 12.6. The van der Waals surface area contributed by atoms with Crippen LogP contribution >= 0.6 is 0 Å². The van der Waals surface area contributed by atoms with Crippen molar-refractivity contribution in [1.82, 2.24) is 4.90 Å². The van der Waals surface area contributed by atoms with Gasteiger partial charge in [0.1, 0.15) is 0 Å².